The van der Waals surface area contributed by atoms with Crippen molar-refractivity contribution in [2.24, 2.45) is 5.92 Å². The second-order valence-electron chi connectivity index (χ2n) is 9.95. The monoisotopic (exact) mass is 498 g/mol. The molecule has 37 heavy (non-hydrogen) atoms. The van der Waals surface area contributed by atoms with Gasteiger partial charge in [0.25, 0.3) is 0 Å². The topological polar surface area (TPSA) is 56.7 Å². The van der Waals surface area contributed by atoms with E-state index in [4.69, 9.17) is 4.52 Å². The summed E-state index contributed by atoms with van der Waals surface area (Å²) in [7, 11) is 0. The van der Waals surface area contributed by atoms with Gasteiger partial charge in [-0.1, -0.05) is 67.6 Å². The third-order valence-electron chi connectivity index (χ3n) is 7.33. The zero-order chi connectivity index (χ0) is 25.2. The van der Waals surface area contributed by atoms with Gasteiger partial charge in [-0.25, -0.2) is 18.7 Å². The van der Waals surface area contributed by atoms with E-state index in [2.05, 4.69) is 39.4 Å². The molecule has 3 heterocycles. The van der Waals surface area contributed by atoms with Crippen molar-refractivity contribution in [3.8, 4) is 34.0 Å². The van der Waals surface area contributed by atoms with Crippen molar-refractivity contribution in [2.45, 2.75) is 51.5 Å². The maximum atomic E-state index is 14.2. The van der Waals surface area contributed by atoms with Crippen molar-refractivity contribution < 1.29 is 13.3 Å². The van der Waals surface area contributed by atoms with Crippen LogP contribution in [0.15, 0.2) is 71.5 Å². The van der Waals surface area contributed by atoms with Gasteiger partial charge in [0, 0.05) is 24.0 Å². The van der Waals surface area contributed by atoms with Crippen molar-refractivity contribution in [1.29, 1.82) is 0 Å². The van der Waals surface area contributed by atoms with Crippen LogP contribution < -0.4 is 0 Å². The van der Waals surface area contributed by atoms with Crippen LogP contribution in [0.5, 0.6) is 0 Å². The molecule has 0 atom stereocenters. The first-order chi connectivity index (χ1) is 18.1. The molecule has 0 N–H and O–H groups in total. The second-order valence-corrected chi connectivity index (χ2v) is 9.95. The fourth-order valence-corrected chi connectivity index (χ4v) is 5.24. The molecular formula is C30H28F2N4O. The molecular weight excluding hydrogens is 470 g/mol. The zero-order valence-corrected chi connectivity index (χ0v) is 20.5. The molecule has 1 fully saturated rings. The van der Waals surface area contributed by atoms with Crippen molar-refractivity contribution >= 4 is 0 Å². The Morgan fingerprint density at radius 2 is 1.70 bits per heavy atom. The first kappa shape index (κ1) is 23.5. The van der Waals surface area contributed by atoms with Crippen molar-refractivity contribution in [3.05, 3.63) is 89.9 Å². The van der Waals surface area contributed by atoms with Gasteiger partial charge in [-0.05, 0) is 42.5 Å². The van der Waals surface area contributed by atoms with Gasteiger partial charge in [-0.3, -0.25) is 0 Å². The van der Waals surface area contributed by atoms with Crippen LogP contribution in [-0.4, -0.2) is 19.7 Å². The van der Waals surface area contributed by atoms with E-state index >= 15 is 0 Å². The quantitative estimate of drug-likeness (QED) is 0.233. The SMILES string of the molecule is Fc1cccc(-c2nc3ccn(Cc4cc(-c5ccc(CCC6CCCCC6)cc5)no4)cc-3n2)c1F. The normalized spacial score (nSPS) is 14.4. The Kier molecular flexibility index (Phi) is 6.51. The first-order valence-electron chi connectivity index (χ1n) is 13.0. The molecule has 3 aromatic rings. The standard InChI is InChI=1S/C30H28F2N4O/c31-25-8-4-7-24(29(25)32)30-33-26-15-16-36(19-28(26)34-30)18-23-17-27(35-37-23)22-13-11-21(12-14-22)10-9-20-5-2-1-3-6-20/h4,7-8,11-17,19-20H,1-3,5-6,9-10,18H2. The van der Waals surface area contributed by atoms with Gasteiger partial charge in [0.05, 0.1) is 17.8 Å². The molecule has 7 heteroatoms. The minimum absolute atomic E-state index is 0.0441. The highest BCUT2D eigenvalue weighted by Gasteiger charge is 2.18. The molecule has 188 valence electrons. The molecule has 2 aromatic carbocycles. The number of aryl methyl sites for hydroxylation is 1. The Morgan fingerprint density at radius 3 is 2.54 bits per heavy atom. The third-order valence-corrected chi connectivity index (χ3v) is 7.33. The molecule has 2 aliphatic heterocycles. The minimum atomic E-state index is -0.947. The highest BCUT2D eigenvalue weighted by atomic mass is 19.2. The number of hydrogen-bond donors (Lipinski definition) is 0. The van der Waals surface area contributed by atoms with Crippen LogP contribution in [0.3, 0.4) is 0 Å². The summed E-state index contributed by atoms with van der Waals surface area (Å²) in [6.07, 6.45) is 13.0. The van der Waals surface area contributed by atoms with Crippen LogP contribution >= 0.6 is 0 Å². The average Bonchev–Trinajstić information content (AvgIpc) is 3.57. The Hall–Kier alpha value is -3.87. The van der Waals surface area contributed by atoms with E-state index in [9.17, 15) is 8.78 Å². The van der Waals surface area contributed by atoms with Crippen LogP contribution in [0.4, 0.5) is 8.78 Å². The summed E-state index contributed by atoms with van der Waals surface area (Å²) in [5.74, 6) is -0.115. The highest BCUT2D eigenvalue weighted by molar-refractivity contribution is 5.66. The molecule has 1 saturated carbocycles. The Morgan fingerprint density at radius 1 is 0.892 bits per heavy atom. The van der Waals surface area contributed by atoms with Crippen LogP contribution in [0.25, 0.3) is 34.0 Å². The largest absolute Gasteiger partial charge is 0.359 e. The lowest BCUT2D eigenvalue weighted by molar-refractivity contribution is 0.339. The van der Waals surface area contributed by atoms with Crippen LogP contribution in [0.2, 0.25) is 0 Å². The fourth-order valence-electron chi connectivity index (χ4n) is 5.24. The smallest absolute Gasteiger partial charge is 0.169 e. The van der Waals surface area contributed by atoms with Gasteiger partial charge < -0.3 is 9.09 Å². The zero-order valence-electron chi connectivity index (χ0n) is 20.5. The molecule has 0 unspecified atom stereocenters. The molecule has 0 radical (unpaired) electrons. The predicted octanol–water partition coefficient (Wildman–Crippen LogP) is 7.54. The first-order valence-corrected chi connectivity index (χ1v) is 13.0. The van der Waals surface area contributed by atoms with Crippen molar-refractivity contribution in [1.82, 2.24) is 19.7 Å². The lowest BCUT2D eigenvalue weighted by atomic mass is 9.85. The summed E-state index contributed by atoms with van der Waals surface area (Å²) in [4.78, 5) is 8.76. The van der Waals surface area contributed by atoms with E-state index in [1.54, 1.807) is 6.07 Å². The van der Waals surface area contributed by atoms with Crippen molar-refractivity contribution in [2.75, 3.05) is 0 Å². The number of nitrogens with zero attached hydrogens (tertiary/aromatic N) is 4. The third kappa shape index (κ3) is 5.17. The summed E-state index contributed by atoms with van der Waals surface area (Å²) >= 11 is 0. The number of hydrogen-bond acceptors (Lipinski definition) is 4. The van der Waals surface area contributed by atoms with E-state index in [1.165, 1.54) is 56.2 Å². The Balaban J connectivity index is 1.13. The second kappa shape index (κ2) is 10.2. The average molecular weight is 499 g/mol. The molecule has 6 rings (SSSR count). The number of halogens is 2. The molecule has 0 amide bonds. The fraction of sp³-hybridized carbons (Fsp3) is 0.300. The summed E-state index contributed by atoms with van der Waals surface area (Å²) in [5.41, 5.74) is 4.44. The summed E-state index contributed by atoms with van der Waals surface area (Å²) < 4.78 is 35.3. The summed E-state index contributed by atoms with van der Waals surface area (Å²) in [5, 5.41) is 4.26. The molecule has 1 aliphatic carbocycles. The maximum Gasteiger partial charge on any atom is 0.169 e. The number of pyridine rings is 1. The molecule has 3 aliphatic rings. The number of imidazole rings is 1. The molecule has 0 bridgehead atoms. The van der Waals surface area contributed by atoms with Gasteiger partial charge in [0.1, 0.15) is 11.4 Å². The van der Waals surface area contributed by atoms with E-state index in [0.29, 0.717) is 23.7 Å². The van der Waals surface area contributed by atoms with Crippen LogP contribution in [-0.2, 0) is 13.0 Å². The minimum Gasteiger partial charge on any atom is -0.359 e. The van der Waals surface area contributed by atoms with Gasteiger partial charge in [0.15, 0.2) is 23.2 Å². The number of aromatic nitrogens is 4. The van der Waals surface area contributed by atoms with E-state index in [1.807, 2.05) is 23.0 Å². The Bertz CT molecular complexity index is 1470. The van der Waals surface area contributed by atoms with Gasteiger partial charge in [-0.15, -0.1) is 0 Å². The predicted molar refractivity (Wildman–Crippen MR) is 138 cm³/mol. The van der Waals surface area contributed by atoms with E-state index in [0.717, 1.165) is 29.7 Å². The Labute approximate surface area is 214 Å². The molecule has 0 saturated heterocycles. The van der Waals surface area contributed by atoms with Crippen LogP contribution in [0, 0.1) is 17.6 Å². The van der Waals surface area contributed by atoms with Gasteiger partial charge in [0.2, 0.25) is 0 Å². The summed E-state index contributed by atoms with van der Waals surface area (Å²) in [6, 6.07) is 16.4. The molecule has 0 spiro atoms. The molecule has 5 nitrogen and oxygen atoms in total. The maximum absolute atomic E-state index is 14.2. The van der Waals surface area contributed by atoms with Gasteiger partial charge >= 0.3 is 0 Å². The van der Waals surface area contributed by atoms with Crippen LogP contribution in [0.1, 0.15) is 49.8 Å². The highest BCUT2D eigenvalue weighted by Crippen LogP contribution is 2.29. The molecule has 1 aromatic heterocycles. The van der Waals surface area contributed by atoms with Crippen molar-refractivity contribution in [3.63, 3.8) is 0 Å². The van der Waals surface area contributed by atoms with E-state index in [-0.39, 0.29) is 11.4 Å². The number of rotatable bonds is 7. The lowest BCUT2D eigenvalue weighted by Crippen LogP contribution is -2.07. The number of benzene rings is 2. The number of fused-ring (bicyclic) bond motifs is 1. The van der Waals surface area contributed by atoms with Gasteiger partial charge in [-0.2, -0.15) is 0 Å². The van der Waals surface area contributed by atoms with E-state index < -0.39 is 11.6 Å². The summed E-state index contributed by atoms with van der Waals surface area (Å²) in [6.45, 7) is 0.457. The lowest BCUT2D eigenvalue weighted by Gasteiger charge is -2.21.